The summed E-state index contributed by atoms with van der Waals surface area (Å²) in [4.78, 5) is 0. The molecule has 108 valence electrons. The van der Waals surface area contributed by atoms with Crippen LogP contribution in [0.4, 0.5) is 0 Å². The molecule has 1 nitrogen and oxygen atoms in total. The van der Waals surface area contributed by atoms with E-state index in [9.17, 15) is 0 Å². The van der Waals surface area contributed by atoms with Crippen LogP contribution in [0.5, 0.6) is 0 Å². The second-order valence-electron chi connectivity index (χ2n) is 7.91. The second-order valence-corrected chi connectivity index (χ2v) is 12.2. The van der Waals surface area contributed by atoms with E-state index < -0.39 is 8.32 Å². The molecule has 1 saturated carbocycles. The molecule has 1 aliphatic rings. The van der Waals surface area contributed by atoms with Crippen molar-refractivity contribution in [2.75, 3.05) is 0 Å². The molecule has 1 fully saturated rings. The van der Waals surface area contributed by atoms with Gasteiger partial charge in [-0.1, -0.05) is 52.9 Å². The normalized spacial score (nSPS) is 19.2. The number of unbranched alkanes of at least 4 members (excludes halogenated alkanes) is 1. The predicted octanol–water partition coefficient (Wildman–Crippen LogP) is 5.76. The fraction of sp³-hybridized carbons (Fsp3) is 1.00. The van der Waals surface area contributed by atoms with Gasteiger partial charge in [-0.3, -0.25) is 0 Å². The molecule has 0 unspecified atom stereocenters. The van der Waals surface area contributed by atoms with Crippen molar-refractivity contribution in [2.24, 2.45) is 5.41 Å². The van der Waals surface area contributed by atoms with E-state index in [4.69, 9.17) is 4.43 Å². The van der Waals surface area contributed by atoms with Gasteiger partial charge in [0.05, 0.1) is 0 Å². The van der Waals surface area contributed by atoms with Crippen LogP contribution in [0.15, 0.2) is 0 Å². The van der Waals surface area contributed by atoms with Crippen molar-refractivity contribution in [1.29, 1.82) is 0 Å². The third kappa shape index (κ3) is 7.58. The fourth-order valence-electron chi connectivity index (χ4n) is 2.90. The first-order chi connectivity index (χ1) is 8.29. The van der Waals surface area contributed by atoms with Crippen molar-refractivity contribution >= 4 is 8.32 Å². The third-order valence-electron chi connectivity index (χ3n) is 3.99. The Balaban J connectivity index is 2.18. The van der Waals surface area contributed by atoms with Crippen LogP contribution in [-0.2, 0) is 4.43 Å². The summed E-state index contributed by atoms with van der Waals surface area (Å²) in [5.41, 5.74) is 0.496. The van der Waals surface area contributed by atoms with Gasteiger partial charge in [0.15, 0.2) is 8.32 Å². The summed E-state index contributed by atoms with van der Waals surface area (Å²) in [6.07, 6.45) is 11.5. The Hall–Kier alpha value is 0.177. The van der Waals surface area contributed by atoms with Gasteiger partial charge in [-0.25, -0.2) is 0 Å². The van der Waals surface area contributed by atoms with Crippen LogP contribution in [-0.4, -0.2) is 14.4 Å². The van der Waals surface area contributed by atoms with Crippen molar-refractivity contribution in [3.63, 3.8) is 0 Å². The van der Waals surface area contributed by atoms with Crippen molar-refractivity contribution in [1.82, 2.24) is 0 Å². The van der Waals surface area contributed by atoms with Gasteiger partial charge in [-0.15, -0.1) is 0 Å². The monoisotopic (exact) mass is 270 g/mol. The Kier molecular flexibility index (Phi) is 6.39. The van der Waals surface area contributed by atoms with Crippen LogP contribution in [0.3, 0.4) is 0 Å². The molecule has 0 atom stereocenters. The van der Waals surface area contributed by atoms with Gasteiger partial charge >= 0.3 is 0 Å². The van der Waals surface area contributed by atoms with Crippen molar-refractivity contribution in [2.45, 2.75) is 97.4 Å². The molecule has 0 aromatic heterocycles. The van der Waals surface area contributed by atoms with Crippen molar-refractivity contribution in [3.8, 4) is 0 Å². The summed E-state index contributed by atoms with van der Waals surface area (Å²) in [7, 11) is -1.39. The van der Waals surface area contributed by atoms with E-state index in [2.05, 4.69) is 33.9 Å². The first kappa shape index (κ1) is 16.2. The maximum atomic E-state index is 6.45. The molecule has 0 N–H and O–H groups in total. The molecular formula is C16H34OSi. The topological polar surface area (TPSA) is 9.23 Å². The van der Waals surface area contributed by atoms with Crippen molar-refractivity contribution < 1.29 is 4.43 Å². The summed E-state index contributed by atoms with van der Waals surface area (Å²) in [6, 6.07) is 1.35. The Labute approximate surface area is 116 Å². The van der Waals surface area contributed by atoms with E-state index in [1.807, 2.05) is 0 Å². The average molecular weight is 271 g/mol. The minimum Gasteiger partial charge on any atom is -0.414 e. The summed E-state index contributed by atoms with van der Waals surface area (Å²) in [6.45, 7) is 11.9. The Morgan fingerprint density at radius 1 is 1.00 bits per heavy atom. The minimum absolute atomic E-state index is 0.496. The molecule has 1 aliphatic carbocycles. The zero-order chi connectivity index (χ0) is 13.6. The maximum Gasteiger partial charge on any atom is 0.187 e. The third-order valence-corrected chi connectivity index (χ3v) is 6.52. The first-order valence-electron chi connectivity index (χ1n) is 7.96. The lowest BCUT2D eigenvalue weighted by Gasteiger charge is -2.32. The second kappa shape index (κ2) is 7.09. The van der Waals surface area contributed by atoms with Gasteiger partial charge in [0.1, 0.15) is 0 Å². The van der Waals surface area contributed by atoms with Crippen LogP contribution < -0.4 is 0 Å². The van der Waals surface area contributed by atoms with E-state index in [-0.39, 0.29) is 0 Å². The van der Waals surface area contributed by atoms with Gasteiger partial charge in [0.2, 0.25) is 0 Å². The molecule has 0 aromatic carbocycles. The summed E-state index contributed by atoms with van der Waals surface area (Å²) in [5, 5.41) is 0. The van der Waals surface area contributed by atoms with E-state index in [0.29, 0.717) is 11.5 Å². The molecular weight excluding hydrogens is 236 g/mol. The Morgan fingerprint density at radius 2 is 1.61 bits per heavy atom. The van der Waals surface area contributed by atoms with Gasteiger partial charge in [0, 0.05) is 6.10 Å². The Bertz CT molecular complexity index is 224. The molecule has 0 radical (unpaired) electrons. The summed E-state index contributed by atoms with van der Waals surface area (Å²) >= 11 is 0. The molecule has 0 saturated heterocycles. The molecule has 0 heterocycles. The average Bonchev–Trinajstić information content (AvgIpc) is 2.24. The van der Waals surface area contributed by atoms with Gasteiger partial charge < -0.3 is 4.43 Å². The highest BCUT2D eigenvalue weighted by Gasteiger charge is 2.27. The SMILES string of the molecule is CC(C)(C)CCCC[Si](C)(C)OC1CCCCC1. The zero-order valence-corrected chi connectivity index (χ0v) is 14.3. The van der Waals surface area contributed by atoms with Gasteiger partial charge in [0.25, 0.3) is 0 Å². The van der Waals surface area contributed by atoms with E-state index in [1.54, 1.807) is 0 Å². The molecule has 1 rings (SSSR count). The predicted molar refractivity (Wildman–Crippen MR) is 83.6 cm³/mol. The van der Waals surface area contributed by atoms with Crippen LogP contribution in [0.25, 0.3) is 0 Å². The molecule has 0 bridgehead atoms. The summed E-state index contributed by atoms with van der Waals surface area (Å²) < 4.78 is 6.45. The maximum absolute atomic E-state index is 6.45. The van der Waals surface area contributed by atoms with Crippen LogP contribution in [0.2, 0.25) is 19.1 Å². The molecule has 0 aliphatic heterocycles. The number of rotatable bonds is 6. The number of hydrogen-bond acceptors (Lipinski definition) is 1. The lowest BCUT2D eigenvalue weighted by Crippen LogP contribution is -2.36. The molecule has 0 amide bonds. The zero-order valence-electron chi connectivity index (χ0n) is 13.3. The van der Waals surface area contributed by atoms with Crippen LogP contribution >= 0.6 is 0 Å². The fourth-order valence-corrected chi connectivity index (χ4v) is 5.26. The summed E-state index contributed by atoms with van der Waals surface area (Å²) in [5.74, 6) is 0. The van der Waals surface area contributed by atoms with E-state index in [0.717, 1.165) is 0 Å². The highest BCUT2D eigenvalue weighted by atomic mass is 28.4. The van der Waals surface area contributed by atoms with Gasteiger partial charge in [-0.05, 0) is 43.8 Å². The smallest absolute Gasteiger partial charge is 0.187 e. The Morgan fingerprint density at radius 3 is 2.17 bits per heavy atom. The molecule has 18 heavy (non-hydrogen) atoms. The molecule has 2 heteroatoms. The lowest BCUT2D eigenvalue weighted by molar-refractivity contribution is 0.145. The number of hydrogen-bond donors (Lipinski definition) is 0. The van der Waals surface area contributed by atoms with Gasteiger partial charge in [-0.2, -0.15) is 0 Å². The van der Waals surface area contributed by atoms with E-state index >= 15 is 0 Å². The van der Waals surface area contributed by atoms with Crippen LogP contribution in [0, 0.1) is 5.41 Å². The standard InChI is InChI=1S/C16H34OSi/c1-16(2,3)13-9-10-14-18(4,5)17-15-11-7-6-8-12-15/h15H,6-14H2,1-5H3. The highest BCUT2D eigenvalue weighted by Crippen LogP contribution is 2.28. The van der Waals surface area contributed by atoms with E-state index in [1.165, 1.54) is 57.4 Å². The lowest BCUT2D eigenvalue weighted by atomic mass is 9.90. The van der Waals surface area contributed by atoms with Crippen LogP contribution in [0.1, 0.15) is 72.1 Å². The molecule has 0 aromatic rings. The minimum atomic E-state index is -1.39. The first-order valence-corrected chi connectivity index (χ1v) is 11.1. The quantitative estimate of drug-likeness (QED) is 0.440. The molecule has 0 spiro atoms. The largest absolute Gasteiger partial charge is 0.414 e. The van der Waals surface area contributed by atoms with Crippen molar-refractivity contribution in [3.05, 3.63) is 0 Å². The highest BCUT2D eigenvalue weighted by molar-refractivity contribution is 6.71.